The lowest BCUT2D eigenvalue weighted by Gasteiger charge is -2.14. The lowest BCUT2D eigenvalue weighted by atomic mass is 10.0. The molecule has 0 saturated heterocycles. The van der Waals surface area contributed by atoms with E-state index in [-0.39, 0.29) is 6.42 Å². The molecule has 0 aromatic heterocycles. The quantitative estimate of drug-likeness (QED) is 0.576. The van der Waals surface area contributed by atoms with E-state index in [2.05, 4.69) is 5.32 Å². The summed E-state index contributed by atoms with van der Waals surface area (Å²) in [7, 11) is 0. The van der Waals surface area contributed by atoms with Gasteiger partial charge in [0.15, 0.2) is 0 Å². The maximum atomic E-state index is 12.6. The molecule has 0 aromatic carbocycles. The zero-order valence-corrected chi connectivity index (χ0v) is 9.51. The van der Waals surface area contributed by atoms with Crippen LogP contribution in [-0.2, 0) is 4.79 Å². The van der Waals surface area contributed by atoms with E-state index < -0.39 is 25.0 Å². The van der Waals surface area contributed by atoms with Gasteiger partial charge in [-0.15, -0.1) is 0 Å². The van der Waals surface area contributed by atoms with E-state index in [9.17, 15) is 13.6 Å². The molecule has 0 spiro atoms. The molecule has 0 fully saturated rings. The number of carbonyl (C=O) groups is 1. The largest absolute Gasteiger partial charge is 0.390 e. The van der Waals surface area contributed by atoms with Gasteiger partial charge < -0.3 is 16.2 Å². The van der Waals surface area contributed by atoms with Crippen molar-refractivity contribution in [1.82, 2.24) is 5.32 Å². The van der Waals surface area contributed by atoms with Crippen LogP contribution in [0.15, 0.2) is 0 Å². The third-order valence-corrected chi connectivity index (χ3v) is 2.30. The Kier molecular flexibility index (Phi) is 7.16. The molecule has 4 N–H and O–H groups in total. The number of hydrogen-bond acceptors (Lipinski definition) is 3. The fraction of sp³-hybridized carbons (Fsp3) is 0.900. The molecular weight excluding hydrogens is 218 g/mol. The lowest BCUT2D eigenvalue weighted by molar-refractivity contribution is -0.124. The highest BCUT2D eigenvalue weighted by molar-refractivity contribution is 5.75. The smallest absolute Gasteiger partial charge is 0.287 e. The van der Waals surface area contributed by atoms with Crippen molar-refractivity contribution in [1.29, 1.82) is 0 Å². The summed E-state index contributed by atoms with van der Waals surface area (Å²) in [4.78, 5) is 11.2. The summed E-state index contributed by atoms with van der Waals surface area (Å²) in [5.74, 6) is -3.34. The highest BCUT2D eigenvalue weighted by Gasteiger charge is 2.27. The first kappa shape index (κ1) is 15.2. The number of hydrogen-bond donors (Lipinski definition) is 3. The van der Waals surface area contributed by atoms with Gasteiger partial charge in [0.1, 0.15) is 6.61 Å². The second kappa shape index (κ2) is 7.51. The molecule has 1 amide bonds. The molecule has 6 heteroatoms. The lowest BCUT2D eigenvalue weighted by Crippen LogP contribution is -2.39. The maximum absolute atomic E-state index is 12.6. The predicted octanol–water partition coefficient (Wildman–Crippen LogP) is 0.495. The molecule has 1 unspecified atom stereocenters. The number of nitrogens with two attached hydrogens (primary N) is 1. The molecule has 0 aromatic rings. The van der Waals surface area contributed by atoms with Crippen LogP contribution in [0.5, 0.6) is 0 Å². The van der Waals surface area contributed by atoms with Crippen LogP contribution in [0.1, 0.15) is 26.2 Å². The minimum Gasteiger partial charge on any atom is -0.390 e. The average molecular weight is 238 g/mol. The summed E-state index contributed by atoms with van der Waals surface area (Å²) in [5.41, 5.74) is 5.34. The van der Waals surface area contributed by atoms with Crippen molar-refractivity contribution in [2.24, 2.45) is 11.7 Å². The molecular formula is C10H20F2N2O2. The van der Waals surface area contributed by atoms with Crippen molar-refractivity contribution in [3.63, 3.8) is 0 Å². The standard InChI is InChI=1S/C10H20F2N2O2/c1-8(4-5-13)2-3-9(16)14-6-10(11,12)7-15/h8,15H,2-7,13H2,1H3,(H,14,16). The highest BCUT2D eigenvalue weighted by atomic mass is 19.3. The molecule has 0 aliphatic heterocycles. The van der Waals surface area contributed by atoms with Crippen LogP contribution in [0, 0.1) is 5.92 Å². The molecule has 0 radical (unpaired) electrons. The minimum absolute atomic E-state index is 0.211. The second-order valence-corrected chi connectivity index (χ2v) is 4.01. The molecule has 16 heavy (non-hydrogen) atoms. The van der Waals surface area contributed by atoms with Crippen molar-refractivity contribution >= 4 is 5.91 Å². The Balaban J connectivity index is 3.67. The summed E-state index contributed by atoms with van der Waals surface area (Å²) in [6.07, 6.45) is 1.66. The number of aliphatic hydroxyl groups is 1. The Morgan fingerprint density at radius 1 is 1.50 bits per heavy atom. The SMILES string of the molecule is CC(CCN)CCC(=O)NCC(F)(F)CO. The van der Waals surface area contributed by atoms with Crippen LogP contribution in [0.25, 0.3) is 0 Å². The molecule has 0 heterocycles. The summed E-state index contributed by atoms with van der Waals surface area (Å²) < 4.78 is 25.1. The molecule has 0 saturated carbocycles. The van der Waals surface area contributed by atoms with Crippen molar-refractivity contribution in [3.05, 3.63) is 0 Å². The summed E-state index contributed by atoms with van der Waals surface area (Å²) in [5, 5.41) is 10.4. The van der Waals surface area contributed by atoms with Crippen LogP contribution in [0.2, 0.25) is 0 Å². The maximum Gasteiger partial charge on any atom is 0.287 e. The Hall–Kier alpha value is -0.750. The molecule has 4 nitrogen and oxygen atoms in total. The first-order valence-corrected chi connectivity index (χ1v) is 5.36. The Morgan fingerprint density at radius 3 is 2.62 bits per heavy atom. The predicted molar refractivity (Wildman–Crippen MR) is 57.1 cm³/mol. The van der Waals surface area contributed by atoms with Crippen LogP contribution >= 0.6 is 0 Å². The van der Waals surface area contributed by atoms with E-state index in [1.54, 1.807) is 0 Å². The Bertz CT molecular complexity index is 213. The Morgan fingerprint density at radius 2 is 2.12 bits per heavy atom. The zero-order chi connectivity index (χ0) is 12.6. The van der Waals surface area contributed by atoms with Crippen molar-refractivity contribution < 1.29 is 18.7 Å². The minimum atomic E-state index is -3.24. The van der Waals surface area contributed by atoms with Gasteiger partial charge in [-0.05, 0) is 25.3 Å². The highest BCUT2D eigenvalue weighted by Crippen LogP contribution is 2.11. The van der Waals surface area contributed by atoms with Crippen molar-refractivity contribution in [3.8, 4) is 0 Å². The monoisotopic (exact) mass is 238 g/mol. The summed E-state index contributed by atoms with van der Waals surface area (Å²) in [6, 6.07) is 0. The second-order valence-electron chi connectivity index (χ2n) is 4.01. The van der Waals surface area contributed by atoms with Crippen LogP contribution < -0.4 is 11.1 Å². The van der Waals surface area contributed by atoms with Gasteiger partial charge in [-0.2, -0.15) is 0 Å². The summed E-state index contributed by atoms with van der Waals surface area (Å²) >= 11 is 0. The van der Waals surface area contributed by atoms with Gasteiger partial charge in [-0.25, -0.2) is 8.78 Å². The van der Waals surface area contributed by atoms with E-state index in [1.807, 2.05) is 6.92 Å². The van der Waals surface area contributed by atoms with Gasteiger partial charge in [-0.3, -0.25) is 4.79 Å². The number of halogens is 2. The number of rotatable bonds is 8. The van der Waals surface area contributed by atoms with Gasteiger partial charge in [0, 0.05) is 6.42 Å². The van der Waals surface area contributed by atoms with E-state index in [1.165, 1.54) is 0 Å². The third kappa shape index (κ3) is 7.53. The molecule has 0 rings (SSSR count). The number of alkyl halides is 2. The van der Waals surface area contributed by atoms with Crippen molar-refractivity contribution in [2.75, 3.05) is 19.7 Å². The van der Waals surface area contributed by atoms with Crippen LogP contribution in [0.4, 0.5) is 8.78 Å². The average Bonchev–Trinajstić information content (AvgIpc) is 2.24. The topological polar surface area (TPSA) is 75.4 Å². The van der Waals surface area contributed by atoms with Gasteiger partial charge >= 0.3 is 0 Å². The van der Waals surface area contributed by atoms with Crippen LogP contribution in [0.3, 0.4) is 0 Å². The normalized spacial score (nSPS) is 13.6. The fourth-order valence-electron chi connectivity index (χ4n) is 1.18. The van der Waals surface area contributed by atoms with E-state index in [4.69, 9.17) is 10.8 Å². The Labute approximate surface area is 94.2 Å². The number of aliphatic hydroxyl groups excluding tert-OH is 1. The third-order valence-electron chi connectivity index (χ3n) is 2.30. The first-order chi connectivity index (χ1) is 7.41. The van der Waals surface area contributed by atoms with Gasteiger partial charge in [0.05, 0.1) is 6.54 Å². The fourth-order valence-corrected chi connectivity index (χ4v) is 1.18. The van der Waals surface area contributed by atoms with Crippen LogP contribution in [-0.4, -0.2) is 36.6 Å². The molecule has 0 bridgehead atoms. The summed E-state index contributed by atoms with van der Waals surface area (Å²) in [6.45, 7) is 0.457. The first-order valence-electron chi connectivity index (χ1n) is 5.36. The van der Waals surface area contributed by atoms with E-state index in [0.29, 0.717) is 18.9 Å². The van der Waals surface area contributed by atoms with E-state index in [0.717, 1.165) is 6.42 Å². The number of amides is 1. The molecule has 1 atom stereocenters. The molecule has 96 valence electrons. The van der Waals surface area contributed by atoms with Gasteiger partial charge in [0.2, 0.25) is 5.91 Å². The number of nitrogens with one attached hydrogen (secondary N) is 1. The molecule has 0 aliphatic carbocycles. The molecule has 0 aliphatic rings. The zero-order valence-electron chi connectivity index (χ0n) is 9.51. The van der Waals surface area contributed by atoms with Crippen molar-refractivity contribution in [2.45, 2.75) is 32.1 Å². The van der Waals surface area contributed by atoms with Gasteiger partial charge in [-0.1, -0.05) is 6.92 Å². The van der Waals surface area contributed by atoms with E-state index >= 15 is 0 Å². The van der Waals surface area contributed by atoms with Gasteiger partial charge in [0.25, 0.3) is 5.92 Å². The number of carbonyl (C=O) groups excluding carboxylic acids is 1.